The van der Waals surface area contributed by atoms with E-state index in [-0.39, 0.29) is 23.3 Å². The number of hydrogen-bond acceptors (Lipinski definition) is 6. The van der Waals surface area contributed by atoms with Gasteiger partial charge in [-0.05, 0) is 63.4 Å². The van der Waals surface area contributed by atoms with E-state index in [4.69, 9.17) is 4.74 Å². The van der Waals surface area contributed by atoms with E-state index in [1.165, 1.54) is 24.8 Å². The number of alkyl halides is 3. The number of benzene rings is 1. The molecule has 42 heavy (non-hydrogen) atoms. The molecule has 0 bridgehead atoms. The zero-order valence-electron chi connectivity index (χ0n) is 23.6. The molecule has 1 saturated heterocycles. The fourth-order valence-electron chi connectivity index (χ4n) is 5.35. The van der Waals surface area contributed by atoms with E-state index >= 15 is 4.39 Å². The SMILES string of the molecule is CC1CN(c2cc(F)c(-c3ccnc(OCC4CCC4)c3)cc2NC(=O)c2c[nH]c(=O)cc2C(F)(F)F)CC(C)N1C. The zero-order chi connectivity index (χ0) is 30.2. The maximum Gasteiger partial charge on any atom is 0.417 e. The van der Waals surface area contributed by atoms with Crippen LogP contribution in [-0.4, -0.2) is 59.6 Å². The molecule has 1 aliphatic carbocycles. The summed E-state index contributed by atoms with van der Waals surface area (Å²) in [5.41, 5.74) is -2.08. The molecule has 3 aromatic rings. The smallest absolute Gasteiger partial charge is 0.417 e. The van der Waals surface area contributed by atoms with E-state index in [1.54, 1.807) is 12.1 Å². The van der Waals surface area contributed by atoms with Gasteiger partial charge in [0.25, 0.3) is 5.91 Å². The minimum Gasteiger partial charge on any atom is -0.477 e. The molecular weight excluding hydrogens is 554 g/mol. The van der Waals surface area contributed by atoms with Crippen LogP contribution in [0.3, 0.4) is 0 Å². The number of halogens is 4. The van der Waals surface area contributed by atoms with Crippen LogP contribution in [0.15, 0.2) is 47.5 Å². The molecule has 1 aliphatic heterocycles. The number of pyridine rings is 2. The molecular formula is C30H33F4N5O3. The van der Waals surface area contributed by atoms with Crippen molar-refractivity contribution in [1.82, 2.24) is 14.9 Å². The summed E-state index contributed by atoms with van der Waals surface area (Å²) in [6, 6.07) is 6.44. The molecule has 1 saturated carbocycles. The molecule has 5 rings (SSSR count). The Labute approximate surface area is 240 Å². The predicted molar refractivity (Wildman–Crippen MR) is 151 cm³/mol. The molecule has 1 aromatic carbocycles. The molecule has 8 nitrogen and oxygen atoms in total. The molecule has 2 fully saturated rings. The van der Waals surface area contributed by atoms with E-state index < -0.39 is 34.6 Å². The van der Waals surface area contributed by atoms with Gasteiger partial charge in [0.1, 0.15) is 5.82 Å². The van der Waals surface area contributed by atoms with Crippen LogP contribution in [0, 0.1) is 11.7 Å². The van der Waals surface area contributed by atoms with Gasteiger partial charge < -0.3 is 19.9 Å². The highest BCUT2D eigenvalue weighted by molar-refractivity contribution is 6.07. The average Bonchev–Trinajstić information content (AvgIpc) is 2.91. The molecule has 2 unspecified atom stereocenters. The van der Waals surface area contributed by atoms with Gasteiger partial charge in [0.15, 0.2) is 0 Å². The number of nitrogens with zero attached hydrogens (tertiary/aromatic N) is 3. The minimum absolute atomic E-state index is 0.0895. The molecule has 12 heteroatoms. The van der Waals surface area contributed by atoms with Crippen molar-refractivity contribution in [3.63, 3.8) is 0 Å². The Morgan fingerprint density at radius 1 is 1.14 bits per heavy atom. The molecule has 2 atom stereocenters. The third kappa shape index (κ3) is 6.28. The van der Waals surface area contributed by atoms with Gasteiger partial charge in [0.05, 0.1) is 29.1 Å². The topological polar surface area (TPSA) is 90.6 Å². The van der Waals surface area contributed by atoms with Crippen molar-refractivity contribution in [1.29, 1.82) is 0 Å². The van der Waals surface area contributed by atoms with Crippen molar-refractivity contribution in [3.05, 3.63) is 70.0 Å². The summed E-state index contributed by atoms with van der Waals surface area (Å²) in [4.78, 5) is 35.4. The number of amides is 1. The lowest BCUT2D eigenvalue weighted by Crippen LogP contribution is -2.55. The summed E-state index contributed by atoms with van der Waals surface area (Å²) in [6.07, 6.45) is 0.645. The normalized spacial score (nSPS) is 19.8. The molecule has 0 radical (unpaired) electrons. The quantitative estimate of drug-likeness (QED) is 0.352. The van der Waals surface area contributed by atoms with Gasteiger partial charge in [-0.15, -0.1) is 0 Å². The Balaban J connectivity index is 1.54. The van der Waals surface area contributed by atoms with Crippen molar-refractivity contribution in [2.45, 2.75) is 51.4 Å². The Bertz CT molecular complexity index is 1510. The Morgan fingerprint density at radius 2 is 1.86 bits per heavy atom. The van der Waals surface area contributed by atoms with E-state index in [1.807, 2.05) is 25.8 Å². The number of rotatable bonds is 7. The number of aromatic nitrogens is 2. The monoisotopic (exact) mass is 587 g/mol. The molecule has 2 aliphatic rings. The van der Waals surface area contributed by atoms with E-state index in [0.29, 0.717) is 48.8 Å². The minimum atomic E-state index is -4.94. The van der Waals surface area contributed by atoms with Crippen LogP contribution in [0.5, 0.6) is 5.88 Å². The first kappa shape index (κ1) is 29.6. The summed E-state index contributed by atoms with van der Waals surface area (Å²) in [7, 11) is 1.99. The number of nitrogens with one attached hydrogen (secondary N) is 2. The van der Waals surface area contributed by atoms with Crippen LogP contribution >= 0.6 is 0 Å². The van der Waals surface area contributed by atoms with Crippen LogP contribution in [0.25, 0.3) is 11.1 Å². The molecule has 1 amide bonds. The van der Waals surface area contributed by atoms with Gasteiger partial charge in [0, 0.05) is 55.3 Å². The molecule has 0 spiro atoms. The van der Waals surface area contributed by atoms with Crippen molar-refractivity contribution in [3.8, 4) is 17.0 Å². The van der Waals surface area contributed by atoms with Crippen LogP contribution in [0.1, 0.15) is 49.0 Å². The third-order valence-electron chi connectivity index (χ3n) is 8.25. The van der Waals surface area contributed by atoms with Crippen LogP contribution in [0.4, 0.5) is 28.9 Å². The maximum absolute atomic E-state index is 15.8. The van der Waals surface area contributed by atoms with Gasteiger partial charge >= 0.3 is 6.18 Å². The average molecular weight is 588 g/mol. The number of piperazine rings is 1. The first-order valence-electron chi connectivity index (χ1n) is 13.9. The lowest BCUT2D eigenvalue weighted by atomic mass is 9.86. The van der Waals surface area contributed by atoms with Gasteiger partial charge in [-0.1, -0.05) is 6.42 Å². The second kappa shape index (κ2) is 11.7. The number of likely N-dealkylation sites (N-methyl/N-ethyl adjacent to an activating group) is 1. The van der Waals surface area contributed by atoms with Crippen LogP contribution < -0.4 is 20.5 Å². The van der Waals surface area contributed by atoms with Crippen LogP contribution in [0.2, 0.25) is 0 Å². The fraction of sp³-hybridized carbons (Fsp3) is 0.433. The summed E-state index contributed by atoms with van der Waals surface area (Å²) in [5, 5.41) is 2.57. The van der Waals surface area contributed by atoms with Crippen molar-refractivity contribution in [2.75, 3.05) is 37.0 Å². The fourth-order valence-corrected chi connectivity index (χ4v) is 5.35. The summed E-state index contributed by atoms with van der Waals surface area (Å²) >= 11 is 0. The lowest BCUT2D eigenvalue weighted by Gasteiger charge is -2.44. The Hall–Kier alpha value is -3.93. The van der Waals surface area contributed by atoms with Crippen molar-refractivity contribution in [2.24, 2.45) is 5.92 Å². The van der Waals surface area contributed by atoms with E-state index in [9.17, 15) is 22.8 Å². The van der Waals surface area contributed by atoms with E-state index in [0.717, 1.165) is 19.0 Å². The largest absolute Gasteiger partial charge is 0.477 e. The number of carbonyl (C=O) groups is 1. The maximum atomic E-state index is 15.8. The predicted octanol–water partition coefficient (Wildman–Crippen LogP) is 5.55. The molecule has 2 aromatic heterocycles. The number of hydrogen-bond donors (Lipinski definition) is 2. The standard InChI is InChI=1S/C30H33F4N5O3/c1-17-14-39(15-18(2)38(17)3)26-12-24(31)21(20-7-8-35-28(9-20)42-16-19-5-4-6-19)10-25(26)37-29(41)22-13-36-27(40)11-23(22)30(32,33)34/h7-13,17-19H,4-6,14-16H2,1-3H3,(H,36,40)(H,37,41). The highest BCUT2D eigenvalue weighted by Crippen LogP contribution is 2.38. The van der Waals surface area contributed by atoms with Gasteiger partial charge in [-0.2, -0.15) is 13.2 Å². The van der Waals surface area contributed by atoms with Crippen LogP contribution in [-0.2, 0) is 6.18 Å². The highest BCUT2D eigenvalue weighted by Gasteiger charge is 2.36. The summed E-state index contributed by atoms with van der Waals surface area (Å²) in [6.45, 7) is 5.56. The number of aromatic amines is 1. The second-order valence-corrected chi connectivity index (χ2v) is 11.2. The van der Waals surface area contributed by atoms with E-state index in [2.05, 4.69) is 20.2 Å². The number of H-pyrrole nitrogens is 1. The van der Waals surface area contributed by atoms with Gasteiger partial charge in [-0.3, -0.25) is 14.5 Å². The number of anilines is 2. The second-order valence-electron chi connectivity index (χ2n) is 11.2. The number of carbonyl (C=O) groups excluding carboxylic acids is 1. The number of ether oxygens (including phenoxy) is 1. The molecule has 2 N–H and O–H groups in total. The Morgan fingerprint density at radius 3 is 2.50 bits per heavy atom. The summed E-state index contributed by atoms with van der Waals surface area (Å²) in [5.74, 6) is -0.861. The van der Waals surface area contributed by atoms with Gasteiger partial charge in [-0.25, -0.2) is 9.37 Å². The first-order chi connectivity index (χ1) is 19.9. The first-order valence-corrected chi connectivity index (χ1v) is 13.9. The van der Waals surface area contributed by atoms with Gasteiger partial charge in [0.2, 0.25) is 11.4 Å². The third-order valence-corrected chi connectivity index (χ3v) is 8.25. The molecule has 224 valence electrons. The Kier molecular flexibility index (Phi) is 8.27. The molecule has 3 heterocycles. The van der Waals surface area contributed by atoms with Crippen molar-refractivity contribution >= 4 is 17.3 Å². The summed E-state index contributed by atoms with van der Waals surface area (Å²) < 4.78 is 62.8. The zero-order valence-corrected chi connectivity index (χ0v) is 23.6. The van der Waals surface area contributed by atoms with Crippen molar-refractivity contribution < 1.29 is 27.1 Å². The highest BCUT2D eigenvalue weighted by atomic mass is 19.4. The lowest BCUT2D eigenvalue weighted by molar-refractivity contribution is -0.138.